The molecule has 134 valence electrons. The Kier molecular flexibility index (Phi) is 5.76. The highest BCUT2D eigenvalue weighted by atomic mass is 35.5. The summed E-state index contributed by atoms with van der Waals surface area (Å²) in [4.78, 5) is 37.5. The highest BCUT2D eigenvalue weighted by molar-refractivity contribution is 6.06. The molecule has 0 aliphatic carbocycles. The van der Waals surface area contributed by atoms with Crippen LogP contribution in [0.15, 0.2) is 29.1 Å². The molecule has 3 rings (SSSR count). The lowest BCUT2D eigenvalue weighted by Gasteiger charge is -2.30. The summed E-state index contributed by atoms with van der Waals surface area (Å²) >= 11 is 0. The molecule has 1 fully saturated rings. The number of carbonyl (C=O) groups excluding carboxylic acids is 1. The standard InChI is InChI=1S/C16H18N4O4.ClH/c1-9-8-17-5-4-13(9)19-16(22)12-7-15(21)18-14-3-2-10(20(23)24)6-11(12)14;/h2-3,6-7,9,13,17H,4-5,8H2,1H3,(H,18,21)(H,19,22);1H. The van der Waals surface area contributed by atoms with Crippen LogP contribution in [0.2, 0.25) is 0 Å². The molecule has 0 spiro atoms. The zero-order valence-electron chi connectivity index (χ0n) is 13.6. The van der Waals surface area contributed by atoms with E-state index in [0.29, 0.717) is 10.9 Å². The van der Waals surface area contributed by atoms with Crippen molar-refractivity contribution in [3.8, 4) is 0 Å². The minimum Gasteiger partial charge on any atom is -0.349 e. The predicted molar refractivity (Wildman–Crippen MR) is 96.4 cm³/mol. The first kappa shape index (κ1) is 18.9. The average molecular weight is 367 g/mol. The Balaban J connectivity index is 0.00000225. The Labute approximate surface area is 149 Å². The summed E-state index contributed by atoms with van der Waals surface area (Å²) in [7, 11) is 0. The molecule has 1 saturated heterocycles. The summed E-state index contributed by atoms with van der Waals surface area (Å²) in [6, 6.07) is 5.25. The maximum absolute atomic E-state index is 12.7. The first-order valence-corrected chi connectivity index (χ1v) is 7.79. The lowest BCUT2D eigenvalue weighted by Crippen LogP contribution is -2.48. The molecule has 3 N–H and O–H groups in total. The monoisotopic (exact) mass is 366 g/mol. The molecule has 2 atom stereocenters. The van der Waals surface area contributed by atoms with Crippen molar-refractivity contribution in [2.24, 2.45) is 5.92 Å². The number of nitro groups is 1. The summed E-state index contributed by atoms with van der Waals surface area (Å²) in [6.45, 7) is 3.67. The number of hydrogen-bond acceptors (Lipinski definition) is 5. The van der Waals surface area contributed by atoms with Crippen LogP contribution in [0.3, 0.4) is 0 Å². The van der Waals surface area contributed by atoms with Crippen LogP contribution in [0.25, 0.3) is 10.9 Å². The van der Waals surface area contributed by atoms with E-state index in [0.717, 1.165) is 19.5 Å². The number of amides is 1. The quantitative estimate of drug-likeness (QED) is 0.563. The molecule has 1 amide bonds. The minimum absolute atomic E-state index is 0. The maximum atomic E-state index is 12.7. The van der Waals surface area contributed by atoms with E-state index in [-0.39, 0.29) is 41.5 Å². The highest BCUT2D eigenvalue weighted by Gasteiger charge is 2.24. The number of hydrogen-bond donors (Lipinski definition) is 3. The van der Waals surface area contributed by atoms with Gasteiger partial charge in [0.1, 0.15) is 0 Å². The summed E-state index contributed by atoms with van der Waals surface area (Å²) in [6.07, 6.45) is 0.800. The van der Waals surface area contributed by atoms with Crippen molar-refractivity contribution >= 4 is 34.9 Å². The van der Waals surface area contributed by atoms with E-state index in [1.165, 1.54) is 24.3 Å². The molecular formula is C16H19ClN4O4. The van der Waals surface area contributed by atoms with Crippen molar-refractivity contribution in [2.45, 2.75) is 19.4 Å². The largest absolute Gasteiger partial charge is 0.349 e. The molecule has 25 heavy (non-hydrogen) atoms. The van der Waals surface area contributed by atoms with Crippen molar-refractivity contribution < 1.29 is 9.72 Å². The topological polar surface area (TPSA) is 117 Å². The van der Waals surface area contributed by atoms with Crippen LogP contribution in [0.4, 0.5) is 5.69 Å². The Morgan fingerprint density at radius 3 is 2.80 bits per heavy atom. The van der Waals surface area contributed by atoms with Crippen LogP contribution in [-0.4, -0.2) is 34.9 Å². The first-order chi connectivity index (χ1) is 11.5. The SMILES string of the molecule is CC1CNCCC1NC(=O)c1cc(=O)[nH]c2ccc([N+](=O)[O-])cc12.Cl. The number of halogens is 1. The summed E-state index contributed by atoms with van der Waals surface area (Å²) in [5, 5.41) is 17.5. The molecule has 9 heteroatoms. The van der Waals surface area contributed by atoms with Crippen molar-refractivity contribution in [1.82, 2.24) is 15.6 Å². The number of fused-ring (bicyclic) bond motifs is 1. The van der Waals surface area contributed by atoms with Crippen LogP contribution in [0.5, 0.6) is 0 Å². The third-order valence-corrected chi connectivity index (χ3v) is 4.38. The maximum Gasteiger partial charge on any atom is 0.270 e. The number of non-ortho nitro benzene ring substituents is 1. The van der Waals surface area contributed by atoms with Gasteiger partial charge in [-0.25, -0.2) is 0 Å². The molecule has 2 heterocycles. The number of rotatable bonds is 3. The summed E-state index contributed by atoms with van der Waals surface area (Å²) in [5.74, 6) is -0.115. The van der Waals surface area contributed by atoms with Crippen LogP contribution < -0.4 is 16.2 Å². The van der Waals surface area contributed by atoms with Gasteiger partial charge in [0.05, 0.1) is 10.5 Å². The molecule has 1 aliphatic heterocycles. The highest BCUT2D eigenvalue weighted by Crippen LogP contribution is 2.22. The van der Waals surface area contributed by atoms with Crippen molar-refractivity contribution in [3.63, 3.8) is 0 Å². The fourth-order valence-corrected chi connectivity index (χ4v) is 3.02. The second kappa shape index (κ2) is 7.62. The second-order valence-corrected chi connectivity index (χ2v) is 6.08. The molecule has 1 aromatic carbocycles. The van der Waals surface area contributed by atoms with Gasteiger partial charge in [-0.05, 0) is 31.5 Å². The fraction of sp³-hybridized carbons (Fsp3) is 0.375. The molecule has 1 aliphatic rings. The number of pyridine rings is 1. The molecule has 1 aromatic heterocycles. The average Bonchev–Trinajstić information content (AvgIpc) is 2.55. The Morgan fingerprint density at radius 1 is 1.36 bits per heavy atom. The first-order valence-electron chi connectivity index (χ1n) is 7.79. The zero-order chi connectivity index (χ0) is 17.3. The van der Waals surface area contributed by atoms with E-state index in [4.69, 9.17) is 0 Å². The van der Waals surface area contributed by atoms with Gasteiger partial charge in [0.2, 0.25) is 5.56 Å². The molecule has 0 radical (unpaired) electrons. The number of piperidine rings is 1. The summed E-state index contributed by atoms with van der Waals surface area (Å²) < 4.78 is 0. The third kappa shape index (κ3) is 3.97. The molecular weight excluding hydrogens is 348 g/mol. The molecule has 2 aromatic rings. The second-order valence-electron chi connectivity index (χ2n) is 6.08. The van der Waals surface area contributed by atoms with Gasteiger partial charge >= 0.3 is 0 Å². The fourth-order valence-electron chi connectivity index (χ4n) is 3.02. The third-order valence-electron chi connectivity index (χ3n) is 4.38. The van der Waals surface area contributed by atoms with E-state index in [2.05, 4.69) is 15.6 Å². The van der Waals surface area contributed by atoms with Gasteiger partial charge in [-0.1, -0.05) is 6.92 Å². The zero-order valence-corrected chi connectivity index (χ0v) is 14.4. The number of nitrogens with one attached hydrogen (secondary N) is 3. The lowest BCUT2D eigenvalue weighted by molar-refractivity contribution is -0.384. The molecule has 8 nitrogen and oxygen atoms in total. The van der Waals surface area contributed by atoms with Gasteiger partial charge < -0.3 is 15.6 Å². The molecule has 2 unspecified atom stereocenters. The van der Waals surface area contributed by atoms with Gasteiger partial charge in [0, 0.05) is 35.1 Å². The Hall–Kier alpha value is -2.45. The Morgan fingerprint density at radius 2 is 2.12 bits per heavy atom. The summed E-state index contributed by atoms with van der Waals surface area (Å²) in [5.41, 5.74) is 0.0125. The number of nitro benzene ring substituents is 1. The van der Waals surface area contributed by atoms with E-state index >= 15 is 0 Å². The number of nitrogens with zero attached hydrogens (tertiary/aromatic N) is 1. The number of H-pyrrole nitrogens is 1. The van der Waals surface area contributed by atoms with Gasteiger partial charge in [-0.3, -0.25) is 19.7 Å². The van der Waals surface area contributed by atoms with E-state index in [1.54, 1.807) is 0 Å². The van der Waals surface area contributed by atoms with Crippen LogP contribution in [-0.2, 0) is 0 Å². The van der Waals surface area contributed by atoms with E-state index in [9.17, 15) is 19.7 Å². The van der Waals surface area contributed by atoms with Gasteiger partial charge in [0.25, 0.3) is 11.6 Å². The smallest absolute Gasteiger partial charge is 0.270 e. The van der Waals surface area contributed by atoms with Crippen LogP contribution in [0.1, 0.15) is 23.7 Å². The number of carbonyl (C=O) groups is 1. The van der Waals surface area contributed by atoms with Crippen molar-refractivity contribution in [1.29, 1.82) is 0 Å². The molecule has 0 bridgehead atoms. The van der Waals surface area contributed by atoms with E-state index < -0.39 is 10.5 Å². The van der Waals surface area contributed by atoms with Crippen LogP contribution in [0, 0.1) is 16.0 Å². The normalized spacial score (nSPS) is 19.9. The van der Waals surface area contributed by atoms with Gasteiger partial charge in [0.15, 0.2) is 0 Å². The predicted octanol–water partition coefficient (Wildman–Crippen LogP) is 1.59. The Bertz CT molecular complexity index is 867. The molecule has 0 saturated carbocycles. The number of aromatic amines is 1. The number of aromatic nitrogens is 1. The lowest BCUT2D eigenvalue weighted by atomic mass is 9.95. The van der Waals surface area contributed by atoms with Crippen molar-refractivity contribution in [2.75, 3.05) is 13.1 Å². The minimum atomic E-state index is -0.527. The van der Waals surface area contributed by atoms with Crippen LogP contribution >= 0.6 is 12.4 Å². The van der Waals surface area contributed by atoms with Gasteiger partial charge in [-0.15, -0.1) is 12.4 Å². The van der Waals surface area contributed by atoms with Crippen molar-refractivity contribution in [3.05, 3.63) is 50.3 Å². The number of benzene rings is 1. The van der Waals surface area contributed by atoms with Gasteiger partial charge in [-0.2, -0.15) is 0 Å². The van der Waals surface area contributed by atoms with E-state index in [1.807, 2.05) is 6.92 Å².